The highest BCUT2D eigenvalue weighted by atomic mass is 16.5. The van der Waals surface area contributed by atoms with Gasteiger partial charge >= 0.3 is 0 Å². The van der Waals surface area contributed by atoms with Crippen molar-refractivity contribution in [2.45, 2.75) is 38.6 Å². The van der Waals surface area contributed by atoms with Crippen molar-refractivity contribution in [3.05, 3.63) is 11.9 Å². The van der Waals surface area contributed by atoms with Gasteiger partial charge in [-0.25, -0.2) is 0 Å². The number of hydrazine groups is 1. The summed E-state index contributed by atoms with van der Waals surface area (Å²) in [6.07, 6.45) is 6.79. The lowest BCUT2D eigenvalue weighted by Crippen LogP contribution is -2.37. The van der Waals surface area contributed by atoms with Crippen LogP contribution < -0.4 is 16.0 Å². The Hall–Kier alpha value is -1.07. The molecule has 18 heavy (non-hydrogen) atoms. The number of nitrogens with zero attached hydrogens (tertiary/aromatic N) is 2. The summed E-state index contributed by atoms with van der Waals surface area (Å²) in [5.74, 6) is 7.94. The fraction of sp³-hybridized carbons (Fsp3) is 0.769. The van der Waals surface area contributed by atoms with Crippen molar-refractivity contribution in [2.24, 2.45) is 24.7 Å². The van der Waals surface area contributed by atoms with E-state index in [1.54, 1.807) is 13.3 Å². The van der Waals surface area contributed by atoms with E-state index < -0.39 is 0 Å². The quantitative estimate of drug-likeness (QED) is 0.633. The fourth-order valence-electron chi connectivity index (χ4n) is 3.16. The predicted octanol–water partition coefficient (Wildman–Crippen LogP) is 1.76. The van der Waals surface area contributed by atoms with Crippen molar-refractivity contribution < 1.29 is 4.74 Å². The molecule has 3 unspecified atom stereocenters. The van der Waals surface area contributed by atoms with E-state index in [4.69, 9.17) is 10.6 Å². The monoisotopic (exact) mass is 252 g/mol. The number of hydrogen-bond acceptors (Lipinski definition) is 4. The standard InChI is InChI=1S/C13H24N4O/c1-9-5-4-6-10(7-9)12(16-14)13-11(18-3)8-15-17(13)2/h8-10,12,16H,4-7,14H2,1-3H3. The minimum Gasteiger partial charge on any atom is -0.493 e. The Bertz CT molecular complexity index is 390. The molecule has 1 fully saturated rings. The van der Waals surface area contributed by atoms with Gasteiger partial charge in [0.05, 0.1) is 25.0 Å². The summed E-state index contributed by atoms with van der Waals surface area (Å²) >= 11 is 0. The van der Waals surface area contributed by atoms with Gasteiger partial charge in [-0.15, -0.1) is 0 Å². The van der Waals surface area contributed by atoms with Gasteiger partial charge < -0.3 is 4.74 Å². The molecule has 5 heteroatoms. The number of methoxy groups -OCH3 is 1. The molecule has 0 amide bonds. The van der Waals surface area contributed by atoms with Gasteiger partial charge in [0.25, 0.3) is 0 Å². The predicted molar refractivity (Wildman–Crippen MR) is 70.9 cm³/mol. The van der Waals surface area contributed by atoms with Gasteiger partial charge in [-0.05, 0) is 24.7 Å². The number of rotatable bonds is 4. The summed E-state index contributed by atoms with van der Waals surface area (Å²) in [5, 5.41) is 4.27. The molecule has 0 aliphatic heterocycles. The minimum atomic E-state index is 0.121. The molecule has 3 atom stereocenters. The van der Waals surface area contributed by atoms with E-state index in [0.717, 1.165) is 17.4 Å². The third-order valence-corrected chi connectivity index (χ3v) is 4.09. The average molecular weight is 252 g/mol. The fourth-order valence-corrected chi connectivity index (χ4v) is 3.16. The zero-order valence-electron chi connectivity index (χ0n) is 11.5. The van der Waals surface area contributed by atoms with Crippen LogP contribution in [-0.4, -0.2) is 16.9 Å². The zero-order chi connectivity index (χ0) is 13.1. The molecular formula is C13H24N4O. The number of nitrogens with one attached hydrogen (secondary N) is 1. The lowest BCUT2D eigenvalue weighted by Gasteiger charge is -2.33. The van der Waals surface area contributed by atoms with Crippen LogP contribution in [-0.2, 0) is 7.05 Å². The second-order valence-electron chi connectivity index (χ2n) is 5.40. The van der Waals surface area contributed by atoms with Crippen molar-refractivity contribution in [1.82, 2.24) is 15.2 Å². The normalized spacial score (nSPS) is 26.0. The SMILES string of the molecule is COc1cnn(C)c1C(NN)C1CCCC(C)C1. The van der Waals surface area contributed by atoms with Crippen LogP contribution in [0.1, 0.15) is 44.3 Å². The second-order valence-corrected chi connectivity index (χ2v) is 5.40. The third kappa shape index (κ3) is 2.52. The molecule has 0 aromatic carbocycles. The van der Waals surface area contributed by atoms with Crippen LogP contribution in [0.4, 0.5) is 0 Å². The molecule has 0 saturated heterocycles. The molecule has 1 aromatic rings. The Labute approximate surface area is 109 Å². The summed E-state index contributed by atoms with van der Waals surface area (Å²) in [5.41, 5.74) is 4.02. The highest BCUT2D eigenvalue weighted by molar-refractivity contribution is 5.28. The summed E-state index contributed by atoms with van der Waals surface area (Å²) in [4.78, 5) is 0. The number of aromatic nitrogens is 2. The van der Waals surface area contributed by atoms with Gasteiger partial charge in [0.15, 0.2) is 5.75 Å². The van der Waals surface area contributed by atoms with Crippen LogP contribution in [0, 0.1) is 11.8 Å². The first-order chi connectivity index (χ1) is 8.67. The van der Waals surface area contributed by atoms with Crippen molar-refractivity contribution in [1.29, 1.82) is 0 Å². The molecule has 2 rings (SSSR count). The first kappa shape index (κ1) is 13.4. The van der Waals surface area contributed by atoms with Crippen molar-refractivity contribution in [3.63, 3.8) is 0 Å². The van der Waals surface area contributed by atoms with Crippen LogP contribution in [0.5, 0.6) is 5.75 Å². The highest BCUT2D eigenvalue weighted by Gasteiger charge is 2.31. The van der Waals surface area contributed by atoms with Gasteiger partial charge in [0, 0.05) is 7.05 Å². The maximum atomic E-state index is 5.79. The van der Waals surface area contributed by atoms with E-state index in [1.165, 1.54) is 25.7 Å². The van der Waals surface area contributed by atoms with E-state index in [1.807, 2.05) is 11.7 Å². The lowest BCUT2D eigenvalue weighted by molar-refractivity contribution is 0.215. The van der Waals surface area contributed by atoms with Gasteiger partial charge in [0.1, 0.15) is 0 Å². The second kappa shape index (κ2) is 5.71. The number of ether oxygens (including phenoxy) is 1. The molecule has 1 saturated carbocycles. The van der Waals surface area contributed by atoms with Crippen LogP contribution in [0.3, 0.4) is 0 Å². The molecule has 1 aliphatic rings. The number of aryl methyl sites for hydroxylation is 1. The third-order valence-electron chi connectivity index (χ3n) is 4.09. The van der Waals surface area contributed by atoms with E-state index in [9.17, 15) is 0 Å². The van der Waals surface area contributed by atoms with Gasteiger partial charge in [-0.2, -0.15) is 5.10 Å². The number of hydrogen-bond donors (Lipinski definition) is 2. The van der Waals surface area contributed by atoms with Crippen molar-refractivity contribution in [3.8, 4) is 5.75 Å². The summed E-state index contributed by atoms with van der Waals surface area (Å²) in [6.45, 7) is 2.32. The molecule has 1 aromatic heterocycles. The Morgan fingerprint density at radius 2 is 2.33 bits per heavy atom. The van der Waals surface area contributed by atoms with Gasteiger partial charge in [0.2, 0.25) is 0 Å². The first-order valence-corrected chi connectivity index (χ1v) is 6.69. The largest absolute Gasteiger partial charge is 0.493 e. The minimum absolute atomic E-state index is 0.121. The molecule has 1 heterocycles. The van der Waals surface area contributed by atoms with Crippen LogP contribution in [0.2, 0.25) is 0 Å². The van der Waals surface area contributed by atoms with E-state index in [-0.39, 0.29) is 6.04 Å². The smallest absolute Gasteiger partial charge is 0.161 e. The molecule has 1 aliphatic carbocycles. The van der Waals surface area contributed by atoms with Crippen LogP contribution in [0.15, 0.2) is 6.20 Å². The summed E-state index contributed by atoms with van der Waals surface area (Å²) in [6, 6.07) is 0.121. The van der Waals surface area contributed by atoms with Crippen LogP contribution >= 0.6 is 0 Å². The summed E-state index contributed by atoms with van der Waals surface area (Å²) in [7, 11) is 3.62. The molecule has 102 valence electrons. The Kier molecular flexibility index (Phi) is 4.24. The molecule has 3 N–H and O–H groups in total. The maximum Gasteiger partial charge on any atom is 0.161 e. The van der Waals surface area contributed by atoms with Crippen molar-refractivity contribution >= 4 is 0 Å². The van der Waals surface area contributed by atoms with Gasteiger partial charge in [-0.3, -0.25) is 16.0 Å². The highest BCUT2D eigenvalue weighted by Crippen LogP contribution is 2.39. The Balaban J connectivity index is 2.24. The zero-order valence-corrected chi connectivity index (χ0v) is 11.5. The molecule has 0 spiro atoms. The Morgan fingerprint density at radius 1 is 1.56 bits per heavy atom. The van der Waals surface area contributed by atoms with E-state index in [0.29, 0.717) is 5.92 Å². The Morgan fingerprint density at radius 3 is 2.94 bits per heavy atom. The van der Waals surface area contributed by atoms with Crippen LogP contribution in [0.25, 0.3) is 0 Å². The average Bonchev–Trinajstić information content (AvgIpc) is 2.72. The molecule has 0 radical (unpaired) electrons. The molecule has 5 nitrogen and oxygen atoms in total. The van der Waals surface area contributed by atoms with E-state index >= 15 is 0 Å². The maximum absolute atomic E-state index is 5.79. The van der Waals surface area contributed by atoms with Gasteiger partial charge in [-0.1, -0.05) is 19.8 Å². The van der Waals surface area contributed by atoms with E-state index in [2.05, 4.69) is 17.4 Å². The van der Waals surface area contributed by atoms with Crippen molar-refractivity contribution in [2.75, 3.05) is 7.11 Å². The summed E-state index contributed by atoms with van der Waals surface area (Å²) < 4.78 is 7.25. The topological polar surface area (TPSA) is 65.1 Å². The molecule has 0 bridgehead atoms. The first-order valence-electron chi connectivity index (χ1n) is 6.69. The lowest BCUT2D eigenvalue weighted by atomic mass is 9.78. The number of nitrogens with two attached hydrogens (primary N) is 1. The molecular weight excluding hydrogens is 228 g/mol.